The topological polar surface area (TPSA) is 101 Å². The molecule has 3 aromatic rings. The molecular formula is C23H18ClN3O4. The fraction of sp³-hybridized carbons (Fsp3) is 0.0435. The Kier molecular flexibility index (Phi) is 7.13. The number of carbonyl (C=O) groups excluding carboxylic acids is 2. The van der Waals surface area contributed by atoms with Gasteiger partial charge in [0.1, 0.15) is 5.70 Å². The van der Waals surface area contributed by atoms with Gasteiger partial charge in [-0.2, -0.15) is 0 Å². The third-order valence-corrected chi connectivity index (χ3v) is 4.68. The van der Waals surface area contributed by atoms with Crippen LogP contribution in [0.25, 0.3) is 6.08 Å². The van der Waals surface area contributed by atoms with Crippen molar-refractivity contribution in [3.63, 3.8) is 0 Å². The zero-order valence-corrected chi connectivity index (χ0v) is 17.0. The number of amides is 2. The summed E-state index contributed by atoms with van der Waals surface area (Å²) in [7, 11) is 0. The molecule has 0 bridgehead atoms. The summed E-state index contributed by atoms with van der Waals surface area (Å²) in [6.45, 7) is 0.271. The highest BCUT2D eigenvalue weighted by Gasteiger charge is 2.16. The van der Waals surface area contributed by atoms with E-state index in [9.17, 15) is 19.7 Å². The average molecular weight is 436 g/mol. The molecule has 0 saturated carbocycles. The Morgan fingerprint density at radius 2 is 1.58 bits per heavy atom. The van der Waals surface area contributed by atoms with E-state index in [1.807, 2.05) is 30.3 Å². The van der Waals surface area contributed by atoms with Crippen LogP contribution in [-0.4, -0.2) is 16.7 Å². The van der Waals surface area contributed by atoms with Crippen LogP contribution in [0.3, 0.4) is 0 Å². The molecule has 0 aromatic heterocycles. The number of halogens is 1. The monoisotopic (exact) mass is 435 g/mol. The number of nitro benzene ring substituents is 1. The number of hydrogen-bond donors (Lipinski definition) is 2. The van der Waals surface area contributed by atoms with E-state index in [0.717, 1.165) is 5.56 Å². The molecule has 7 nitrogen and oxygen atoms in total. The van der Waals surface area contributed by atoms with Crippen LogP contribution in [0.5, 0.6) is 0 Å². The zero-order valence-electron chi connectivity index (χ0n) is 16.2. The first-order chi connectivity index (χ1) is 14.9. The van der Waals surface area contributed by atoms with Gasteiger partial charge in [-0.25, -0.2) is 0 Å². The van der Waals surface area contributed by atoms with Crippen LogP contribution in [0, 0.1) is 10.1 Å². The summed E-state index contributed by atoms with van der Waals surface area (Å²) in [6.07, 6.45) is 1.48. The first kappa shape index (κ1) is 21.7. The molecule has 0 heterocycles. The molecule has 0 saturated heterocycles. The molecule has 0 spiro atoms. The second kappa shape index (κ2) is 10.2. The lowest BCUT2D eigenvalue weighted by atomic mass is 10.1. The van der Waals surface area contributed by atoms with E-state index in [1.165, 1.54) is 30.3 Å². The standard InChI is InChI=1S/C23H18ClN3O4/c24-20-9-5-4-8-18(20)14-21(23(29)25-15-16-6-2-1-3-7-16)26-22(28)17-10-12-19(13-11-17)27(30)31/h1-14H,15H2,(H,25,29)(H,26,28)/b21-14-. The van der Waals surface area contributed by atoms with Crippen molar-refractivity contribution < 1.29 is 14.5 Å². The Balaban J connectivity index is 1.82. The average Bonchev–Trinajstić information content (AvgIpc) is 2.79. The number of benzene rings is 3. The molecule has 0 aliphatic carbocycles. The number of carbonyl (C=O) groups is 2. The first-order valence-electron chi connectivity index (χ1n) is 9.28. The molecular weight excluding hydrogens is 418 g/mol. The van der Waals surface area contributed by atoms with E-state index in [-0.39, 0.29) is 23.5 Å². The minimum atomic E-state index is -0.580. The highest BCUT2D eigenvalue weighted by Crippen LogP contribution is 2.18. The summed E-state index contributed by atoms with van der Waals surface area (Å²) in [5, 5.41) is 16.6. The minimum absolute atomic E-state index is 0.00705. The van der Waals surface area contributed by atoms with Crippen LogP contribution in [0.4, 0.5) is 5.69 Å². The van der Waals surface area contributed by atoms with Gasteiger partial charge >= 0.3 is 0 Å². The molecule has 0 radical (unpaired) electrons. The summed E-state index contributed by atoms with van der Waals surface area (Å²) >= 11 is 6.19. The maximum absolute atomic E-state index is 12.8. The summed E-state index contributed by atoms with van der Waals surface area (Å²) in [5.41, 5.74) is 1.48. The number of non-ortho nitro benzene ring substituents is 1. The largest absolute Gasteiger partial charge is 0.347 e. The van der Waals surface area contributed by atoms with Crippen LogP contribution >= 0.6 is 11.6 Å². The van der Waals surface area contributed by atoms with Crippen LogP contribution < -0.4 is 10.6 Å². The molecule has 0 aliphatic rings. The van der Waals surface area contributed by atoms with Crippen molar-refractivity contribution in [3.05, 3.63) is 116 Å². The summed E-state index contributed by atoms with van der Waals surface area (Å²) in [4.78, 5) is 35.7. The number of rotatable bonds is 7. The highest BCUT2D eigenvalue weighted by atomic mass is 35.5. The van der Waals surface area contributed by atoms with Gasteiger partial charge in [-0.3, -0.25) is 19.7 Å². The van der Waals surface area contributed by atoms with Crippen molar-refractivity contribution >= 4 is 35.2 Å². The third kappa shape index (κ3) is 6.01. The number of nitro groups is 1. The maximum Gasteiger partial charge on any atom is 0.269 e. The van der Waals surface area contributed by atoms with Crippen molar-refractivity contribution in [2.45, 2.75) is 6.54 Å². The van der Waals surface area contributed by atoms with Crippen LogP contribution in [0.2, 0.25) is 5.02 Å². The Bertz CT molecular complexity index is 1130. The summed E-state index contributed by atoms with van der Waals surface area (Å²) in [5.74, 6) is -1.08. The van der Waals surface area contributed by atoms with Crippen molar-refractivity contribution in [3.8, 4) is 0 Å². The van der Waals surface area contributed by atoms with Gasteiger partial charge in [-0.15, -0.1) is 0 Å². The molecule has 3 rings (SSSR count). The Labute approximate surface area is 183 Å². The lowest BCUT2D eigenvalue weighted by molar-refractivity contribution is -0.384. The van der Waals surface area contributed by atoms with Crippen molar-refractivity contribution in [2.24, 2.45) is 0 Å². The smallest absolute Gasteiger partial charge is 0.269 e. The second-order valence-electron chi connectivity index (χ2n) is 6.51. The third-order valence-electron chi connectivity index (χ3n) is 4.33. The Morgan fingerprint density at radius 3 is 2.23 bits per heavy atom. The van der Waals surface area contributed by atoms with Gasteiger partial charge < -0.3 is 10.6 Å². The number of hydrogen-bond acceptors (Lipinski definition) is 4. The van der Waals surface area contributed by atoms with Crippen molar-refractivity contribution in [1.29, 1.82) is 0 Å². The molecule has 2 amide bonds. The van der Waals surface area contributed by atoms with E-state index in [1.54, 1.807) is 24.3 Å². The number of nitrogens with one attached hydrogen (secondary N) is 2. The SMILES string of the molecule is O=C(NCc1ccccc1)/C(=C/c1ccccc1Cl)NC(=O)c1ccc([N+](=O)[O-])cc1. The summed E-state index contributed by atoms with van der Waals surface area (Å²) < 4.78 is 0. The minimum Gasteiger partial charge on any atom is -0.347 e. The predicted octanol–water partition coefficient (Wildman–Crippen LogP) is 4.34. The molecule has 3 aromatic carbocycles. The van der Waals surface area contributed by atoms with E-state index in [4.69, 9.17) is 11.6 Å². The van der Waals surface area contributed by atoms with Crippen LogP contribution in [-0.2, 0) is 11.3 Å². The molecule has 0 aliphatic heterocycles. The van der Waals surface area contributed by atoms with Gasteiger partial charge in [0.15, 0.2) is 0 Å². The normalized spacial score (nSPS) is 10.9. The second-order valence-corrected chi connectivity index (χ2v) is 6.91. The molecule has 156 valence electrons. The molecule has 8 heteroatoms. The van der Waals surface area contributed by atoms with Gasteiger partial charge in [0.25, 0.3) is 17.5 Å². The van der Waals surface area contributed by atoms with Gasteiger partial charge in [0, 0.05) is 29.3 Å². The highest BCUT2D eigenvalue weighted by molar-refractivity contribution is 6.32. The van der Waals surface area contributed by atoms with E-state index >= 15 is 0 Å². The van der Waals surface area contributed by atoms with Gasteiger partial charge in [-0.1, -0.05) is 60.1 Å². The Hall–Kier alpha value is -3.97. The molecule has 0 atom stereocenters. The Morgan fingerprint density at radius 1 is 0.935 bits per heavy atom. The van der Waals surface area contributed by atoms with Gasteiger partial charge in [-0.05, 0) is 35.4 Å². The molecule has 31 heavy (non-hydrogen) atoms. The number of nitrogens with zero attached hydrogens (tertiary/aromatic N) is 1. The van der Waals surface area contributed by atoms with Crippen molar-refractivity contribution in [1.82, 2.24) is 10.6 Å². The van der Waals surface area contributed by atoms with E-state index < -0.39 is 16.7 Å². The quantitative estimate of drug-likeness (QED) is 0.327. The maximum atomic E-state index is 12.8. The van der Waals surface area contributed by atoms with Crippen LogP contribution in [0.1, 0.15) is 21.5 Å². The zero-order chi connectivity index (χ0) is 22.2. The lowest BCUT2D eigenvalue weighted by Crippen LogP contribution is -2.34. The molecule has 0 unspecified atom stereocenters. The fourth-order valence-corrected chi connectivity index (χ4v) is 2.90. The van der Waals surface area contributed by atoms with E-state index in [2.05, 4.69) is 10.6 Å². The molecule has 2 N–H and O–H groups in total. The predicted molar refractivity (Wildman–Crippen MR) is 118 cm³/mol. The van der Waals surface area contributed by atoms with Crippen molar-refractivity contribution in [2.75, 3.05) is 0 Å². The molecule has 0 fully saturated rings. The lowest BCUT2D eigenvalue weighted by Gasteiger charge is -2.12. The first-order valence-corrected chi connectivity index (χ1v) is 9.66. The van der Waals surface area contributed by atoms with Gasteiger partial charge in [0.2, 0.25) is 0 Å². The van der Waals surface area contributed by atoms with E-state index in [0.29, 0.717) is 10.6 Å². The summed E-state index contributed by atoms with van der Waals surface area (Å²) in [6, 6.07) is 21.3. The van der Waals surface area contributed by atoms with Gasteiger partial charge in [0.05, 0.1) is 4.92 Å². The fourth-order valence-electron chi connectivity index (χ4n) is 2.71. The van der Waals surface area contributed by atoms with Crippen LogP contribution in [0.15, 0.2) is 84.6 Å².